The summed E-state index contributed by atoms with van der Waals surface area (Å²) in [6.45, 7) is 4.58. The van der Waals surface area contributed by atoms with E-state index < -0.39 is 0 Å². The van der Waals surface area contributed by atoms with E-state index in [1.165, 1.54) is 0 Å². The summed E-state index contributed by atoms with van der Waals surface area (Å²) in [5, 5.41) is 7.07. The lowest BCUT2D eigenvalue weighted by Crippen LogP contribution is -2.30. The number of nitrogens with zero attached hydrogens (tertiary/aromatic N) is 1. The molecule has 0 saturated carbocycles. The van der Waals surface area contributed by atoms with Gasteiger partial charge in [-0.25, -0.2) is 5.84 Å². The Balaban J connectivity index is 2.31. The Morgan fingerprint density at radius 1 is 1.36 bits per heavy atom. The molecule has 0 aliphatic carbocycles. The van der Waals surface area contributed by atoms with Crippen molar-refractivity contribution in [2.24, 2.45) is 5.84 Å². The summed E-state index contributed by atoms with van der Waals surface area (Å²) in [4.78, 5) is 12.0. The predicted molar refractivity (Wildman–Crippen MR) is 85.4 cm³/mol. The molecule has 1 heterocycles. The molecule has 22 heavy (non-hydrogen) atoms. The van der Waals surface area contributed by atoms with E-state index in [4.69, 9.17) is 10.6 Å². The molecule has 0 radical (unpaired) electrons. The first-order chi connectivity index (χ1) is 10.7. The van der Waals surface area contributed by atoms with Crippen LogP contribution in [-0.4, -0.2) is 22.7 Å². The monoisotopic (exact) mass is 302 g/mol. The maximum absolute atomic E-state index is 12.0. The summed E-state index contributed by atoms with van der Waals surface area (Å²) < 4.78 is 5.85. The van der Waals surface area contributed by atoms with Gasteiger partial charge in [-0.2, -0.15) is 5.10 Å². The molecule has 0 unspecified atom stereocenters. The number of H-pyrrole nitrogens is 1. The van der Waals surface area contributed by atoms with E-state index in [9.17, 15) is 4.79 Å². The number of aromatic nitrogens is 2. The molecule has 0 aliphatic rings. The standard InChI is InChI=1S/C16H22N4O2/c1-3-4-7-10-22-13-9-6-5-8-12(13)15-14(16(21)18-17)11(2)19-20-15/h5-6,8-9H,3-4,7,10,17H2,1-2H3,(H,18,21)(H,19,20). The lowest BCUT2D eigenvalue weighted by atomic mass is 10.0. The number of carbonyl (C=O) groups excluding carboxylic acids is 1. The zero-order valence-electron chi connectivity index (χ0n) is 13.0. The zero-order chi connectivity index (χ0) is 15.9. The number of nitrogens with two attached hydrogens (primary N) is 1. The van der Waals surface area contributed by atoms with Crippen molar-refractivity contribution in [1.82, 2.24) is 15.6 Å². The van der Waals surface area contributed by atoms with E-state index in [1.54, 1.807) is 6.92 Å². The molecular weight excluding hydrogens is 280 g/mol. The minimum absolute atomic E-state index is 0.373. The molecule has 118 valence electrons. The Hall–Kier alpha value is -2.34. The van der Waals surface area contributed by atoms with Gasteiger partial charge in [0.15, 0.2) is 0 Å². The predicted octanol–water partition coefficient (Wildman–Crippen LogP) is 2.56. The van der Waals surface area contributed by atoms with Crippen LogP contribution in [0.1, 0.15) is 42.2 Å². The van der Waals surface area contributed by atoms with Crippen LogP contribution >= 0.6 is 0 Å². The van der Waals surface area contributed by atoms with Crippen LogP contribution in [0.2, 0.25) is 0 Å². The number of para-hydroxylation sites is 1. The van der Waals surface area contributed by atoms with Gasteiger partial charge in [-0.15, -0.1) is 0 Å². The fraction of sp³-hybridized carbons (Fsp3) is 0.375. The number of hydrogen-bond acceptors (Lipinski definition) is 4. The van der Waals surface area contributed by atoms with Gasteiger partial charge in [0.1, 0.15) is 11.4 Å². The highest BCUT2D eigenvalue weighted by Gasteiger charge is 2.21. The molecule has 0 aliphatic heterocycles. The molecule has 2 rings (SSSR count). The van der Waals surface area contributed by atoms with Crippen molar-refractivity contribution in [3.05, 3.63) is 35.5 Å². The van der Waals surface area contributed by atoms with Crippen molar-refractivity contribution in [3.8, 4) is 17.0 Å². The van der Waals surface area contributed by atoms with Gasteiger partial charge in [-0.05, 0) is 25.5 Å². The topological polar surface area (TPSA) is 93.0 Å². The highest BCUT2D eigenvalue weighted by atomic mass is 16.5. The molecule has 1 aromatic carbocycles. The van der Waals surface area contributed by atoms with Gasteiger partial charge in [-0.1, -0.05) is 31.9 Å². The maximum Gasteiger partial charge on any atom is 0.269 e. The Morgan fingerprint density at radius 3 is 2.86 bits per heavy atom. The number of aromatic amines is 1. The van der Waals surface area contributed by atoms with Gasteiger partial charge in [0.25, 0.3) is 5.91 Å². The number of benzene rings is 1. The highest BCUT2D eigenvalue weighted by molar-refractivity contribution is 6.01. The summed E-state index contributed by atoms with van der Waals surface area (Å²) in [7, 11) is 0. The number of nitrogen functional groups attached to an aromatic ring is 1. The molecular formula is C16H22N4O2. The first-order valence-corrected chi connectivity index (χ1v) is 7.47. The smallest absolute Gasteiger partial charge is 0.269 e. The third-order valence-electron chi connectivity index (χ3n) is 3.45. The summed E-state index contributed by atoms with van der Waals surface area (Å²) in [6, 6.07) is 7.57. The molecule has 0 fully saturated rings. The third kappa shape index (κ3) is 3.46. The second-order valence-electron chi connectivity index (χ2n) is 5.10. The van der Waals surface area contributed by atoms with Crippen LogP contribution in [0.5, 0.6) is 5.75 Å². The fourth-order valence-electron chi connectivity index (χ4n) is 2.30. The summed E-state index contributed by atoms with van der Waals surface area (Å²) in [6.07, 6.45) is 3.27. The van der Waals surface area contributed by atoms with E-state index in [0.717, 1.165) is 30.6 Å². The normalized spacial score (nSPS) is 10.5. The van der Waals surface area contributed by atoms with E-state index in [0.29, 0.717) is 23.6 Å². The highest BCUT2D eigenvalue weighted by Crippen LogP contribution is 2.32. The zero-order valence-corrected chi connectivity index (χ0v) is 13.0. The van der Waals surface area contributed by atoms with Gasteiger partial charge in [0.2, 0.25) is 0 Å². The minimum atomic E-state index is -0.373. The Kier molecular flexibility index (Phi) is 5.55. The maximum atomic E-state index is 12.0. The molecule has 0 saturated heterocycles. The van der Waals surface area contributed by atoms with Crippen molar-refractivity contribution < 1.29 is 9.53 Å². The molecule has 0 spiro atoms. The number of carbonyl (C=O) groups is 1. The largest absolute Gasteiger partial charge is 0.493 e. The quantitative estimate of drug-likeness (QED) is 0.317. The summed E-state index contributed by atoms with van der Waals surface area (Å²) in [5.41, 5.74) is 4.59. The van der Waals surface area contributed by atoms with Gasteiger partial charge >= 0.3 is 0 Å². The molecule has 6 nitrogen and oxygen atoms in total. The molecule has 1 aromatic heterocycles. The van der Waals surface area contributed by atoms with Gasteiger partial charge in [0, 0.05) is 11.3 Å². The molecule has 6 heteroatoms. The number of aryl methyl sites for hydroxylation is 1. The Bertz CT molecular complexity index is 637. The van der Waals surface area contributed by atoms with Crippen molar-refractivity contribution >= 4 is 5.91 Å². The number of unbranched alkanes of at least 4 members (excludes halogenated alkanes) is 2. The van der Waals surface area contributed by atoms with E-state index in [-0.39, 0.29) is 5.91 Å². The fourth-order valence-corrected chi connectivity index (χ4v) is 2.30. The molecule has 0 atom stereocenters. The number of amides is 1. The second-order valence-corrected chi connectivity index (χ2v) is 5.10. The Labute approximate surface area is 130 Å². The number of hydrogen-bond donors (Lipinski definition) is 3. The van der Waals surface area contributed by atoms with Crippen LogP contribution in [0.4, 0.5) is 0 Å². The van der Waals surface area contributed by atoms with Gasteiger partial charge < -0.3 is 4.74 Å². The number of ether oxygens (including phenoxy) is 1. The molecule has 0 bridgehead atoms. The van der Waals surface area contributed by atoms with Crippen LogP contribution in [0.15, 0.2) is 24.3 Å². The third-order valence-corrected chi connectivity index (χ3v) is 3.45. The van der Waals surface area contributed by atoms with Crippen molar-refractivity contribution in [3.63, 3.8) is 0 Å². The SMILES string of the molecule is CCCCCOc1ccccc1-c1n[nH]c(C)c1C(=O)NN. The first-order valence-electron chi connectivity index (χ1n) is 7.47. The second kappa shape index (κ2) is 7.61. The van der Waals surface area contributed by atoms with Crippen LogP contribution in [0, 0.1) is 6.92 Å². The number of rotatable bonds is 7. The Morgan fingerprint density at radius 2 is 2.14 bits per heavy atom. The van der Waals surface area contributed by atoms with Crippen molar-refractivity contribution in [1.29, 1.82) is 0 Å². The molecule has 4 N–H and O–H groups in total. The average Bonchev–Trinajstić information content (AvgIpc) is 2.93. The summed E-state index contributed by atoms with van der Waals surface area (Å²) >= 11 is 0. The average molecular weight is 302 g/mol. The molecule has 2 aromatic rings. The van der Waals surface area contributed by atoms with E-state index >= 15 is 0 Å². The van der Waals surface area contributed by atoms with Crippen LogP contribution in [0.25, 0.3) is 11.3 Å². The van der Waals surface area contributed by atoms with Crippen LogP contribution in [0.3, 0.4) is 0 Å². The van der Waals surface area contributed by atoms with Crippen LogP contribution in [-0.2, 0) is 0 Å². The van der Waals surface area contributed by atoms with Gasteiger partial charge in [0.05, 0.1) is 12.2 Å². The van der Waals surface area contributed by atoms with E-state index in [1.807, 2.05) is 24.3 Å². The first kappa shape index (κ1) is 16.0. The minimum Gasteiger partial charge on any atom is -0.493 e. The van der Waals surface area contributed by atoms with E-state index in [2.05, 4.69) is 22.5 Å². The molecule has 1 amide bonds. The number of nitrogens with one attached hydrogen (secondary N) is 2. The number of hydrazine groups is 1. The van der Waals surface area contributed by atoms with Gasteiger partial charge in [-0.3, -0.25) is 15.3 Å². The van der Waals surface area contributed by atoms with Crippen molar-refractivity contribution in [2.75, 3.05) is 6.61 Å². The lowest BCUT2D eigenvalue weighted by molar-refractivity contribution is 0.0954. The van der Waals surface area contributed by atoms with Crippen LogP contribution < -0.4 is 16.0 Å². The lowest BCUT2D eigenvalue weighted by Gasteiger charge is -2.11. The summed E-state index contributed by atoms with van der Waals surface area (Å²) in [5.74, 6) is 5.60. The van der Waals surface area contributed by atoms with Crippen molar-refractivity contribution in [2.45, 2.75) is 33.1 Å².